The summed E-state index contributed by atoms with van der Waals surface area (Å²) in [6.07, 6.45) is 0. The van der Waals surface area contributed by atoms with Crippen LogP contribution in [0.5, 0.6) is 5.75 Å². The fourth-order valence-electron chi connectivity index (χ4n) is 1.88. The van der Waals surface area contributed by atoms with Crippen molar-refractivity contribution in [1.82, 2.24) is 0 Å². The zero-order valence-electron chi connectivity index (χ0n) is 11.3. The molecule has 0 heterocycles. The maximum atomic E-state index is 12.5. The predicted octanol–water partition coefficient (Wildman–Crippen LogP) is 2.72. The smallest absolute Gasteiger partial charge is 0.262 e. The molecule has 0 saturated carbocycles. The van der Waals surface area contributed by atoms with Crippen LogP contribution in [0.2, 0.25) is 0 Å². The highest BCUT2D eigenvalue weighted by Crippen LogP contribution is 2.27. The zero-order chi connectivity index (χ0) is 15.5. The van der Waals surface area contributed by atoms with Crippen LogP contribution in [-0.4, -0.2) is 15.5 Å². The van der Waals surface area contributed by atoms with Crippen molar-refractivity contribution in [2.24, 2.45) is 5.73 Å². The lowest BCUT2D eigenvalue weighted by Gasteiger charge is -2.12. The minimum Gasteiger partial charge on any atom is -0.497 e. The molecule has 0 bridgehead atoms. The minimum atomic E-state index is -3.70. The third kappa shape index (κ3) is 3.75. The second-order valence-electron chi connectivity index (χ2n) is 4.30. The van der Waals surface area contributed by atoms with Gasteiger partial charge in [0.15, 0.2) is 0 Å². The monoisotopic (exact) mass is 370 g/mol. The van der Waals surface area contributed by atoms with E-state index >= 15 is 0 Å². The fourth-order valence-corrected chi connectivity index (χ4v) is 3.65. The molecular weight excluding hydrogens is 356 g/mol. The molecule has 0 unspecified atom stereocenters. The molecule has 0 aliphatic heterocycles. The summed E-state index contributed by atoms with van der Waals surface area (Å²) in [4.78, 5) is 0.173. The van der Waals surface area contributed by atoms with Gasteiger partial charge in [-0.05, 0) is 23.8 Å². The Morgan fingerprint density at radius 1 is 1.24 bits per heavy atom. The Bertz CT molecular complexity index is 748. The number of benzene rings is 2. The first-order chi connectivity index (χ1) is 9.96. The van der Waals surface area contributed by atoms with Crippen LogP contribution in [0.25, 0.3) is 0 Å². The van der Waals surface area contributed by atoms with Gasteiger partial charge < -0.3 is 10.5 Å². The number of nitrogens with one attached hydrogen (secondary N) is 1. The van der Waals surface area contributed by atoms with Crippen molar-refractivity contribution in [3.8, 4) is 5.75 Å². The Morgan fingerprint density at radius 2 is 1.95 bits per heavy atom. The summed E-state index contributed by atoms with van der Waals surface area (Å²) in [6.45, 7) is 0.152. The van der Waals surface area contributed by atoms with Crippen LogP contribution in [0, 0.1) is 0 Å². The molecule has 0 amide bonds. The summed E-state index contributed by atoms with van der Waals surface area (Å²) in [5, 5.41) is 0. The molecule has 0 spiro atoms. The van der Waals surface area contributed by atoms with Gasteiger partial charge >= 0.3 is 0 Å². The highest BCUT2D eigenvalue weighted by atomic mass is 79.9. The van der Waals surface area contributed by atoms with Crippen molar-refractivity contribution in [2.75, 3.05) is 11.8 Å². The van der Waals surface area contributed by atoms with Crippen LogP contribution < -0.4 is 15.2 Å². The Morgan fingerprint density at radius 3 is 2.62 bits per heavy atom. The normalized spacial score (nSPS) is 11.2. The van der Waals surface area contributed by atoms with Crippen molar-refractivity contribution in [1.29, 1.82) is 0 Å². The lowest BCUT2D eigenvalue weighted by atomic mass is 10.2. The molecule has 0 aliphatic rings. The predicted molar refractivity (Wildman–Crippen MR) is 85.8 cm³/mol. The van der Waals surface area contributed by atoms with Crippen LogP contribution in [0.3, 0.4) is 0 Å². The molecule has 5 nitrogen and oxygen atoms in total. The molecule has 0 saturated heterocycles. The quantitative estimate of drug-likeness (QED) is 0.847. The average Bonchev–Trinajstić information content (AvgIpc) is 2.46. The maximum absolute atomic E-state index is 12.5. The SMILES string of the molecule is COc1cc(Br)cc(NS(=O)(=O)c2ccccc2CN)c1. The second kappa shape index (κ2) is 6.46. The van der Waals surface area contributed by atoms with E-state index in [0.717, 1.165) is 0 Å². The van der Waals surface area contributed by atoms with Crippen molar-refractivity contribution in [2.45, 2.75) is 11.4 Å². The highest BCUT2D eigenvalue weighted by molar-refractivity contribution is 9.10. The molecule has 21 heavy (non-hydrogen) atoms. The van der Waals surface area contributed by atoms with Gasteiger partial charge in [0.05, 0.1) is 17.7 Å². The minimum absolute atomic E-state index is 0.152. The molecule has 0 radical (unpaired) electrons. The Balaban J connectivity index is 2.40. The summed E-state index contributed by atoms with van der Waals surface area (Å²) in [5.74, 6) is 0.550. The number of rotatable bonds is 5. The molecule has 2 rings (SSSR count). The second-order valence-corrected chi connectivity index (χ2v) is 6.86. The van der Waals surface area contributed by atoms with Gasteiger partial charge in [0, 0.05) is 17.1 Å². The average molecular weight is 371 g/mol. The highest BCUT2D eigenvalue weighted by Gasteiger charge is 2.18. The van der Waals surface area contributed by atoms with Crippen molar-refractivity contribution < 1.29 is 13.2 Å². The first kappa shape index (κ1) is 15.8. The number of nitrogens with two attached hydrogens (primary N) is 1. The topological polar surface area (TPSA) is 81.4 Å². The molecule has 2 aromatic carbocycles. The van der Waals surface area contributed by atoms with Gasteiger partial charge in [0.2, 0.25) is 0 Å². The van der Waals surface area contributed by atoms with Crippen LogP contribution in [0.15, 0.2) is 51.8 Å². The lowest BCUT2D eigenvalue weighted by Crippen LogP contribution is -2.16. The van der Waals surface area contributed by atoms with Gasteiger partial charge in [-0.2, -0.15) is 0 Å². The molecule has 0 atom stereocenters. The fraction of sp³-hybridized carbons (Fsp3) is 0.143. The first-order valence-corrected chi connectivity index (χ1v) is 8.39. The molecular formula is C14H15BrN2O3S. The van der Waals surface area contributed by atoms with Gasteiger partial charge in [0.25, 0.3) is 10.0 Å². The van der Waals surface area contributed by atoms with E-state index in [4.69, 9.17) is 10.5 Å². The van der Waals surface area contributed by atoms with E-state index in [2.05, 4.69) is 20.7 Å². The Hall–Kier alpha value is -1.57. The van der Waals surface area contributed by atoms with Crippen LogP contribution in [0.4, 0.5) is 5.69 Å². The number of ether oxygens (including phenoxy) is 1. The van der Waals surface area contributed by atoms with Crippen molar-refractivity contribution in [3.63, 3.8) is 0 Å². The molecule has 2 aromatic rings. The summed E-state index contributed by atoms with van der Waals surface area (Å²) in [5.41, 5.74) is 6.56. The molecule has 3 N–H and O–H groups in total. The van der Waals surface area contributed by atoms with Gasteiger partial charge in [-0.25, -0.2) is 8.42 Å². The maximum Gasteiger partial charge on any atom is 0.262 e. The van der Waals surface area contributed by atoms with E-state index < -0.39 is 10.0 Å². The summed E-state index contributed by atoms with van der Waals surface area (Å²) in [7, 11) is -2.19. The zero-order valence-corrected chi connectivity index (χ0v) is 13.7. The largest absolute Gasteiger partial charge is 0.497 e. The van der Waals surface area contributed by atoms with E-state index in [-0.39, 0.29) is 11.4 Å². The molecule has 7 heteroatoms. The van der Waals surface area contributed by atoms with Crippen LogP contribution in [-0.2, 0) is 16.6 Å². The van der Waals surface area contributed by atoms with Gasteiger partial charge in [-0.15, -0.1) is 0 Å². The summed E-state index contributed by atoms with van der Waals surface area (Å²) >= 11 is 3.31. The van der Waals surface area contributed by atoms with Gasteiger partial charge in [-0.1, -0.05) is 34.1 Å². The third-order valence-electron chi connectivity index (χ3n) is 2.84. The molecule has 0 aliphatic carbocycles. The number of anilines is 1. The lowest BCUT2D eigenvalue weighted by molar-refractivity contribution is 0.415. The van der Waals surface area contributed by atoms with Crippen molar-refractivity contribution >= 4 is 31.6 Å². The van der Waals surface area contributed by atoms with Gasteiger partial charge in [0.1, 0.15) is 5.75 Å². The Kier molecular flexibility index (Phi) is 4.87. The van der Waals surface area contributed by atoms with Crippen molar-refractivity contribution in [3.05, 3.63) is 52.5 Å². The summed E-state index contributed by atoms with van der Waals surface area (Å²) in [6, 6.07) is 11.6. The standard InChI is InChI=1S/C14H15BrN2O3S/c1-20-13-7-11(15)6-12(8-13)17-21(18,19)14-5-3-2-4-10(14)9-16/h2-8,17H,9,16H2,1H3. The number of hydrogen-bond donors (Lipinski definition) is 2. The van der Waals surface area contributed by atoms with Gasteiger partial charge in [-0.3, -0.25) is 4.72 Å². The number of hydrogen-bond acceptors (Lipinski definition) is 4. The van der Waals surface area contributed by atoms with E-state index in [9.17, 15) is 8.42 Å². The molecule has 0 aromatic heterocycles. The first-order valence-electron chi connectivity index (χ1n) is 6.11. The third-order valence-corrected chi connectivity index (χ3v) is 4.78. The Labute approximate surface area is 132 Å². The summed E-state index contributed by atoms with van der Waals surface area (Å²) < 4.78 is 33.3. The van der Waals surface area contributed by atoms with Crippen LogP contribution in [0.1, 0.15) is 5.56 Å². The number of methoxy groups -OCH3 is 1. The van der Waals surface area contributed by atoms with E-state index in [1.807, 2.05) is 0 Å². The van der Waals surface area contributed by atoms with E-state index in [1.54, 1.807) is 36.4 Å². The van der Waals surface area contributed by atoms with Crippen LogP contribution >= 0.6 is 15.9 Å². The molecule has 112 valence electrons. The molecule has 0 fully saturated rings. The van der Waals surface area contributed by atoms with E-state index in [0.29, 0.717) is 21.5 Å². The number of halogens is 1. The van der Waals surface area contributed by atoms with E-state index in [1.165, 1.54) is 13.2 Å². The number of sulfonamides is 1.